The molecule has 24 heavy (non-hydrogen) atoms. The fourth-order valence-electron chi connectivity index (χ4n) is 2.27. The second-order valence-electron chi connectivity index (χ2n) is 5.80. The zero-order valence-corrected chi connectivity index (χ0v) is 13.8. The lowest BCUT2D eigenvalue weighted by Gasteiger charge is -2.15. The summed E-state index contributed by atoms with van der Waals surface area (Å²) >= 11 is 0. The molecule has 0 spiro atoms. The summed E-state index contributed by atoms with van der Waals surface area (Å²) in [4.78, 5) is 26.8. The Morgan fingerprint density at radius 1 is 1.25 bits per heavy atom. The van der Waals surface area contributed by atoms with Crippen LogP contribution in [0.2, 0.25) is 0 Å². The highest BCUT2D eigenvalue weighted by atomic mass is 16.4. The molecule has 0 saturated carbocycles. The van der Waals surface area contributed by atoms with Crippen LogP contribution in [0.25, 0.3) is 0 Å². The van der Waals surface area contributed by atoms with Crippen LogP contribution in [-0.4, -0.2) is 33.2 Å². The molecule has 0 fully saturated rings. The molecule has 3 N–H and O–H groups in total. The van der Waals surface area contributed by atoms with E-state index in [0.717, 1.165) is 17.9 Å². The summed E-state index contributed by atoms with van der Waals surface area (Å²) in [6, 6.07) is 6.17. The highest BCUT2D eigenvalue weighted by molar-refractivity contribution is 5.87. The van der Waals surface area contributed by atoms with Gasteiger partial charge in [0.2, 0.25) is 0 Å². The smallest absolute Gasteiger partial charge is 0.335 e. The van der Waals surface area contributed by atoms with E-state index in [1.54, 1.807) is 18.3 Å². The van der Waals surface area contributed by atoms with Crippen LogP contribution in [-0.2, 0) is 13.1 Å². The van der Waals surface area contributed by atoms with Crippen LogP contribution >= 0.6 is 0 Å². The predicted molar refractivity (Wildman–Crippen MR) is 89.8 cm³/mol. The molecule has 0 radical (unpaired) electrons. The lowest BCUT2D eigenvalue weighted by atomic mass is 10.1. The molecule has 7 heteroatoms. The average molecular weight is 330 g/mol. The van der Waals surface area contributed by atoms with Crippen molar-refractivity contribution in [3.05, 3.63) is 53.6 Å². The number of rotatable bonds is 7. The van der Waals surface area contributed by atoms with E-state index < -0.39 is 5.97 Å². The molecular weight excluding hydrogens is 308 g/mol. The molecule has 1 atom stereocenters. The van der Waals surface area contributed by atoms with Gasteiger partial charge in [-0.25, -0.2) is 14.6 Å². The van der Waals surface area contributed by atoms with Crippen LogP contribution in [0, 0.1) is 12.8 Å². The maximum absolute atomic E-state index is 11.8. The second-order valence-corrected chi connectivity index (χ2v) is 5.80. The molecule has 0 aliphatic carbocycles. The molecule has 1 aromatic carbocycles. The van der Waals surface area contributed by atoms with E-state index in [4.69, 9.17) is 5.11 Å². The summed E-state index contributed by atoms with van der Waals surface area (Å²) < 4.78 is 2.05. The van der Waals surface area contributed by atoms with Gasteiger partial charge in [-0.15, -0.1) is 0 Å². The Kier molecular flexibility index (Phi) is 5.95. The number of aryl methyl sites for hydroxylation is 1. The number of carbonyl (C=O) groups is 2. The highest BCUT2D eigenvalue weighted by Crippen LogP contribution is 2.05. The minimum atomic E-state index is -0.964. The third-order valence-corrected chi connectivity index (χ3v) is 3.70. The maximum atomic E-state index is 11.8. The molecule has 0 aliphatic rings. The van der Waals surface area contributed by atoms with Gasteiger partial charge in [-0.05, 0) is 30.5 Å². The van der Waals surface area contributed by atoms with Gasteiger partial charge in [-0.3, -0.25) is 0 Å². The van der Waals surface area contributed by atoms with E-state index in [-0.39, 0.29) is 17.5 Å². The van der Waals surface area contributed by atoms with Crippen LogP contribution in [0.1, 0.15) is 28.7 Å². The Balaban J connectivity index is 1.71. The minimum Gasteiger partial charge on any atom is -0.478 e. The molecule has 2 rings (SSSR count). The third kappa shape index (κ3) is 5.12. The van der Waals surface area contributed by atoms with Crippen LogP contribution in [0.15, 0.2) is 36.7 Å². The molecule has 2 amide bonds. The number of aromatic carboxylic acids is 1. The van der Waals surface area contributed by atoms with Gasteiger partial charge >= 0.3 is 12.0 Å². The van der Waals surface area contributed by atoms with Gasteiger partial charge in [-0.1, -0.05) is 19.1 Å². The van der Waals surface area contributed by atoms with E-state index in [0.29, 0.717) is 13.1 Å². The number of hydrogen-bond donors (Lipinski definition) is 3. The largest absolute Gasteiger partial charge is 0.478 e. The topological polar surface area (TPSA) is 96.3 Å². The zero-order chi connectivity index (χ0) is 17.5. The summed E-state index contributed by atoms with van der Waals surface area (Å²) in [6.45, 7) is 5.71. The molecule has 7 nitrogen and oxygen atoms in total. The molecule has 0 aliphatic heterocycles. The number of imidazole rings is 1. The molecular formula is C17H22N4O3. The SMILES string of the molecule is Cc1nccn1CC(C)CNC(=O)NCc1ccc(C(=O)O)cc1. The van der Waals surface area contributed by atoms with Crippen molar-refractivity contribution in [2.45, 2.75) is 26.9 Å². The lowest BCUT2D eigenvalue weighted by Crippen LogP contribution is -2.38. The van der Waals surface area contributed by atoms with Crippen LogP contribution in [0.4, 0.5) is 4.79 Å². The number of carbonyl (C=O) groups excluding carboxylic acids is 1. The number of nitrogens with one attached hydrogen (secondary N) is 2. The normalized spacial score (nSPS) is 11.8. The standard InChI is InChI=1S/C17H22N4O3/c1-12(11-21-8-7-18-13(21)2)9-19-17(24)20-10-14-3-5-15(6-4-14)16(22)23/h3-8,12H,9-11H2,1-2H3,(H,22,23)(H2,19,20,24). The van der Waals surface area contributed by atoms with Crippen molar-refractivity contribution in [1.82, 2.24) is 20.2 Å². The van der Waals surface area contributed by atoms with Crippen molar-refractivity contribution >= 4 is 12.0 Å². The van der Waals surface area contributed by atoms with Crippen molar-refractivity contribution in [2.24, 2.45) is 5.92 Å². The van der Waals surface area contributed by atoms with Crippen molar-refractivity contribution in [2.75, 3.05) is 6.54 Å². The van der Waals surface area contributed by atoms with Gasteiger partial charge in [-0.2, -0.15) is 0 Å². The Morgan fingerprint density at radius 2 is 1.96 bits per heavy atom. The molecule has 0 bridgehead atoms. The van der Waals surface area contributed by atoms with E-state index >= 15 is 0 Å². The van der Waals surface area contributed by atoms with E-state index in [2.05, 4.69) is 22.5 Å². The first-order valence-corrected chi connectivity index (χ1v) is 7.77. The number of carboxylic acid groups (broad SMARTS) is 1. The van der Waals surface area contributed by atoms with E-state index in [1.165, 1.54) is 12.1 Å². The number of benzene rings is 1. The van der Waals surface area contributed by atoms with E-state index in [1.807, 2.05) is 17.7 Å². The second kappa shape index (κ2) is 8.14. The number of amides is 2. The van der Waals surface area contributed by atoms with Crippen LogP contribution < -0.4 is 10.6 Å². The maximum Gasteiger partial charge on any atom is 0.335 e. The molecule has 0 saturated heterocycles. The quantitative estimate of drug-likeness (QED) is 0.723. The summed E-state index contributed by atoms with van der Waals surface area (Å²) in [7, 11) is 0. The Bertz CT molecular complexity index is 694. The third-order valence-electron chi connectivity index (χ3n) is 3.70. The van der Waals surface area contributed by atoms with Gasteiger partial charge in [0.25, 0.3) is 0 Å². The summed E-state index contributed by atoms with van der Waals surface area (Å²) in [5, 5.41) is 14.4. The van der Waals surface area contributed by atoms with Gasteiger partial charge in [0.15, 0.2) is 0 Å². The van der Waals surface area contributed by atoms with E-state index in [9.17, 15) is 9.59 Å². The Labute approximate surface area is 140 Å². The number of urea groups is 1. The van der Waals surface area contributed by atoms with Crippen LogP contribution in [0.5, 0.6) is 0 Å². The van der Waals surface area contributed by atoms with Crippen molar-refractivity contribution < 1.29 is 14.7 Å². The number of aromatic nitrogens is 2. The highest BCUT2D eigenvalue weighted by Gasteiger charge is 2.08. The number of nitrogens with zero attached hydrogens (tertiary/aromatic N) is 2. The molecule has 1 unspecified atom stereocenters. The van der Waals surface area contributed by atoms with Crippen molar-refractivity contribution in [3.8, 4) is 0 Å². The fourth-order valence-corrected chi connectivity index (χ4v) is 2.27. The van der Waals surface area contributed by atoms with Gasteiger partial charge in [0.1, 0.15) is 5.82 Å². The number of hydrogen-bond acceptors (Lipinski definition) is 3. The first-order chi connectivity index (χ1) is 11.5. The first-order valence-electron chi connectivity index (χ1n) is 7.77. The monoisotopic (exact) mass is 330 g/mol. The number of carboxylic acids is 1. The minimum absolute atomic E-state index is 0.229. The predicted octanol–water partition coefficient (Wildman–Crippen LogP) is 2.03. The average Bonchev–Trinajstić information content (AvgIpc) is 2.96. The Morgan fingerprint density at radius 3 is 2.54 bits per heavy atom. The lowest BCUT2D eigenvalue weighted by molar-refractivity contribution is 0.0697. The molecule has 1 heterocycles. The molecule has 1 aromatic heterocycles. The molecule has 128 valence electrons. The summed E-state index contributed by atoms with van der Waals surface area (Å²) in [5.41, 5.74) is 1.07. The Hall–Kier alpha value is -2.83. The van der Waals surface area contributed by atoms with Gasteiger partial charge < -0.3 is 20.3 Å². The molecule has 2 aromatic rings. The van der Waals surface area contributed by atoms with Gasteiger partial charge in [0.05, 0.1) is 5.56 Å². The van der Waals surface area contributed by atoms with Crippen LogP contribution in [0.3, 0.4) is 0 Å². The van der Waals surface area contributed by atoms with Gasteiger partial charge in [0, 0.05) is 32.0 Å². The first kappa shape index (κ1) is 17.5. The summed E-state index contributed by atoms with van der Waals surface area (Å²) in [6.07, 6.45) is 3.69. The fraction of sp³-hybridized carbons (Fsp3) is 0.353. The van der Waals surface area contributed by atoms with Crippen molar-refractivity contribution in [1.29, 1.82) is 0 Å². The summed E-state index contributed by atoms with van der Waals surface area (Å²) in [5.74, 6) is 0.268. The zero-order valence-electron chi connectivity index (χ0n) is 13.8. The van der Waals surface area contributed by atoms with Crippen molar-refractivity contribution in [3.63, 3.8) is 0 Å².